The van der Waals surface area contributed by atoms with Gasteiger partial charge >= 0.3 is 0 Å². The molecule has 1 fully saturated rings. The lowest BCUT2D eigenvalue weighted by atomic mass is 9.95. The first-order valence-electron chi connectivity index (χ1n) is 12.4. The molecular formula is C30H31NO6. The number of ether oxygens (including phenoxy) is 3. The number of hydrogen-bond donors (Lipinski definition) is 1. The maximum atomic E-state index is 13.5. The number of amides is 1. The third kappa shape index (κ3) is 5.45. The number of rotatable bonds is 10. The second-order valence-electron chi connectivity index (χ2n) is 8.67. The molecule has 3 aromatic carbocycles. The fourth-order valence-electron chi connectivity index (χ4n) is 4.28. The summed E-state index contributed by atoms with van der Waals surface area (Å²) in [6.07, 6.45) is 1.67. The van der Waals surface area contributed by atoms with Crippen LogP contribution < -0.4 is 19.1 Å². The van der Waals surface area contributed by atoms with Gasteiger partial charge in [-0.15, -0.1) is 0 Å². The van der Waals surface area contributed by atoms with Crippen molar-refractivity contribution in [2.24, 2.45) is 0 Å². The van der Waals surface area contributed by atoms with Crippen molar-refractivity contribution in [3.8, 4) is 17.2 Å². The molecule has 1 aliphatic heterocycles. The molecule has 0 radical (unpaired) electrons. The van der Waals surface area contributed by atoms with E-state index in [1.165, 1.54) is 12.0 Å². The van der Waals surface area contributed by atoms with Crippen molar-refractivity contribution in [1.82, 2.24) is 0 Å². The fraction of sp³-hybridized carbons (Fsp3) is 0.267. The van der Waals surface area contributed by atoms with E-state index >= 15 is 0 Å². The molecular weight excluding hydrogens is 470 g/mol. The number of aliphatic hydroxyl groups excluding tert-OH is 1. The van der Waals surface area contributed by atoms with Crippen LogP contribution in [0.25, 0.3) is 5.76 Å². The maximum Gasteiger partial charge on any atom is 0.300 e. The molecule has 1 amide bonds. The number of anilines is 1. The molecule has 37 heavy (non-hydrogen) atoms. The molecule has 1 unspecified atom stereocenters. The Morgan fingerprint density at radius 1 is 0.838 bits per heavy atom. The number of benzene rings is 3. The molecule has 192 valence electrons. The molecule has 1 aliphatic rings. The first-order valence-corrected chi connectivity index (χ1v) is 12.4. The molecule has 0 aliphatic carbocycles. The minimum Gasteiger partial charge on any atom is -0.507 e. The number of aliphatic hydroxyl groups is 1. The molecule has 1 atom stereocenters. The number of carbonyl (C=O) groups is 2. The molecule has 1 heterocycles. The third-order valence-electron chi connectivity index (χ3n) is 6.00. The summed E-state index contributed by atoms with van der Waals surface area (Å²) in [6.45, 7) is 5.07. The highest BCUT2D eigenvalue weighted by Gasteiger charge is 2.47. The Bertz CT molecular complexity index is 1310. The molecule has 1 saturated heterocycles. The maximum absolute atomic E-state index is 13.5. The van der Waals surface area contributed by atoms with E-state index in [9.17, 15) is 14.7 Å². The van der Waals surface area contributed by atoms with Crippen molar-refractivity contribution < 1.29 is 28.9 Å². The van der Waals surface area contributed by atoms with E-state index in [2.05, 4.69) is 0 Å². The van der Waals surface area contributed by atoms with Crippen LogP contribution in [0.1, 0.15) is 43.9 Å². The van der Waals surface area contributed by atoms with Gasteiger partial charge in [0.05, 0.1) is 31.9 Å². The standard InChI is InChI=1S/C30H31NO6/c1-4-15-36-24-13-6-9-20(17-24)27-26(28(32)21-10-7-14-25(18-21)37-16-5-2)29(33)30(34)31(27)22-11-8-12-23(19-22)35-3/h6-14,17-19,27,32H,4-5,15-16H2,1-3H3/b28-26+. The lowest BCUT2D eigenvalue weighted by Crippen LogP contribution is -2.29. The zero-order chi connectivity index (χ0) is 26.4. The number of ketones is 1. The van der Waals surface area contributed by atoms with Gasteiger partial charge in [-0.2, -0.15) is 0 Å². The molecule has 0 spiro atoms. The Morgan fingerprint density at radius 3 is 2.14 bits per heavy atom. The Balaban J connectivity index is 1.88. The molecule has 4 rings (SSSR count). The SMILES string of the molecule is CCCOc1cccc(/C(O)=C2\C(=O)C(=O)N(c3cccc(OC)c3)C2c2cccc(OCCC)c2)c1. The first-order chi connectivity index (χ1) is 18.0. The first kappa shape index (κ1) is 25.8. The summed E-state index contributed by atoms with van der Waals surface area (Å²) < 4.78 is 16.9. The van der Waals surface area contributed by atoms with Crippen LogP contribution >= 0.6 is 0 Å². The smallest absolute Gasteiger partial charge is 0.300 e. The van der Waals surface area contributed by atoms with Crippen LogP contribution in [-0.2, 0) is 9.59 Å². The van der Waals surface area contributed by atoms with E-state index in [1.54, 1.807) is 54.6 Å². The average molecular weight is 502 g/mol. The summed E-state index contributed by atoms with van der Waals surface area (Å²) in [5, 5.41) is 11.4. The monoisotopic (exact) mass is 501 g/mol. The third-order valence-corrected chi connectivity index (χ3v) is 6.00. The summed E-state index contributed by atoms with van der Waals surface area (Å²) in [5.41, 5.74) is 1.50. The minimum absolute atomic E-state index is 0.00639. The highest BCUT2D eigenvalue weighted by atomic mass is 16.5. The molecule has 0 bridgehead atoms. The van der Waals surface area contributed by atoms with Gasteiger partial charge in [0.15, 0.2) is 0 Å². The number of methoxy groups -OCH3 is 1. The predicted octanol–water partition coefficient (Wildman–Crippen LogP) is 5.90. The van der Waals surface area contributed by atoms with E-state index in [-0.39, 0.29) is 11.3 Å². The van der Waals surface area contributed by atoms with Crippen LogP contribution in [-0.4, -0.2) is 37.1 Å². The number of nitrogens with zero attached hydrogens (tertiary/aromatic N) is 1. The second kappa shape index (κ2) is 11.6. The average Bonchev–Trinajstić information content (AvgIpc) is 3.20. The van der Waals surface area contributed by atoms with Gasteiger partial charge in [-0.3, -0.25) is 14.5 Å². The Kier molecular flexibility index (Phi) is 8.13. The van der Waals surface area contributed by atoms with Gasteiger partial charge in [0, 0.05) is 17.3 Å². The van der Waals surface area contributed by atoms with Crippen LogP contribution in [0.5, 0.6) is 17.2 Å². The highest BCUT2D eigenvalue weighted by Crippen LogP contribution is 2.43. The fourth-order valence-corrected chi connectivity index (χ4v) is 4.28. The van der Waals surface area contributed by atoms with E-state index in [0.29, 0.717) is 47.3 Å². The number of hydrogen-bond acceptors (Lipinski definition) is 6. The van der Waals surface area contributed by atoms with E-state index in [4.69, 9.17) is 14.2 Å². The van der Waals surface area contributed by atoms with Gasteiger partial charge in [-0.25, -0.2) is 0 Å². The van der Waals surface area contributed by atoms with Crippen molar-refractivity contribution in [3.63, 3.8) is 0 Å². The van der Waals surface area contributed by atoms with Crippen LogP contribution in [0.4, 0.5) is 5.69 Å². The van der Waals surface area contributed by atoms with Crippen LogP contribution in [0.3, 0.4) is 0 Å². The summed E-state index contributed by atoms with van der Waals surface area (Å²) >= 11 is 0. The zero-order valence-corrected chi connectivity index (χ0v) is 21.3. The van der Waals surface area contributed by atoms with Gasteiger partial charge in [0.2, 0.25) is 0 Å². The lowest BCUT2D eigenvalue weighted by Gasteiger charge is -2.26. The van der Waals surface area contributed by atoms with Crippen molar-refractivity contribution in [3.05, 3.63) is 89.5 Å². The van der Waals surface area contributed by atoms with Crippen LogP contribution in [0, 0.1) is 0 Å². The molecule has 0 saturated carbocycles. The van der Waals surface area contributed by atoms with Crippen molar-refractivity contribution in [2.75, 3.05) is 25.2 Å². The second-order valence-corrected chi connectivity index (χ2v) is 8.67. The van der Waals surface area contributed by atoms with Crippen LogP contribution in [0.2, 0.25) is 0 Å². The lowest BCUT2D eigenvalue weighted by molar-refractivity contribution is -0.132. The van der Waals surface area contributed by atoms with E-state index < -0.39 is 17.7 Å². The Hall–Kier alpha value is -4.26. The number of Topliss-reactive ketones (excluding diaryl/α,β-unsaturated/α-hetero) is 1. The number of carbonyl (C=O) groups excluding carboxylic acids is 2. The van der Waals surface area contributed by atoms with Crippen molar-refractivity contribution >= 4 is 23.1 Å². The molecule has 7 nitrogen and oxygen atoms in total. The molecule has 1 N–H and O–H groups in total. The van der Waals surface area contributed by atoms with Crippen molar-refractivity contribution in [2.45, 2.75) is 32.7 Å². The largest absolute Gasteiger partial charge is 0.507 e. The van der Waals surface area contributed by atoms with Gasteiger partial charge in [0.1, 0.15) is 23.0 Å². The normalized spacial score (nSPS) is 16.6. The summed E-state index contributed by atoms with van der Waals surface area (Å²) in [6, 6.07) is 20.2. The Morgan fingerprint density at radius 2 is 1.46 bits per heavy atom. The summed E-state index contributed by atoms with van der Waals surface area (Å²) in [7, 11) is 1.53. The van der Waals surface area contributed by atoms with E-state index in [0.717, 1.165) is 12.8 Å². The van der Waals surface area contributed by atoms with Crippen molar-refractivity contribution in [1.29, 1.82) is 0 Å². The summed E-state index contributed by atoms with van der Waals surface area (Å²) in [5.74, 6) is -0.0531. The minimum atomic E-state index is -0.877. The molecule has 0 aromatic heterocycles. The van der Waals surface area contributed by atoms with Crippen LogP contribution in [0.15, 0.2) is 78.4 Å². The van der Waals surface area contributed by atoms with Gasteiger partial charge in [0.25, 0.3) is 11.7 Å². The predicted molar refractivity (Wildman–Crippen MR) is 142 cm³/mol. The van der Waals surface area contributed by atoms with Gasteiger partial charge < -0.3 is 19.3 Å². The quantitative estimate of drug-likeness (QED) is 0.212. The molecule has 3 aromatic rings. The molecule has 7 heteroatoms. The van der Waals surface area contributed by atoms with E-state index in [1.807, 2.05) is 32.0 Å². The summed E-state index contributed by atoms with van der Waals surface area (Å²) in [4.78, 5) is 28.3. The Labute approximate surface area is 216 Å². The van der Waals surface area contributed by atoms with Gasteiger partial charge in [-0.1, -0.05) is 44.2 Å². The highest BCUT2D eigenvalue weighted by molar-refractivity contribution is 6.51. The topological polar surface area (TPSA) is 85.3 Å². The zero-order valence-electron chi connectivity index (χ0n) is 21.3. The van der Waals surface area contributed by atoms with Gasteiger partial charge in [-0.05, 0) is 54.8 Å².